The minimum atomic E-state index is -0.481. The predicted octanol–water partition coefficient (Wildman–Crippen LogP) is 4.96. The molecule has 0 N–H and O–H groups in total. The van der Waals surface area contributed by atoms with Crippen LogP contribution < -0.4 is 4.74 Å². The number of hydrogen-bond acceptors (Lipinski definition) is 4. The van der Waals surface area contributed by atoms with Crippen LogP contribution in [0.1, 0.15) is 11.1 Å². The van der Waals surface area contributed by atoms with Gasteiger partial charge >= 0.3 is 5.97 Å². The van der Waals surface area contributed by atoms with E-state index in [9.17, 15) is 4.79 Å². The van der Waals surface area contributed by atoms with Crippen molar-refractivity contribution < 1.29 is 14.3 Å². The van der Waals surface area contributed by atoms with E-state index in [0.717, 1.165) is 26.4 Å². The highest BCUT2D eigenvalue weighted by molar-refractivity contribution is 9.10. The SMILES string of the molecule is COc1ccc2ccccc2c1/C=C1/N=C(c2ccccc2Br)OC1=O. The summed E-state index contributed by atoms with van der Waals surface area (Å²) in [6.45, 7) is 0. The second-order valence-electron chi connectivity index (χ2n) is 5.72. The molecule has 0 radical (unpaired) electrons. The first-order chi connectivity index (χ1) is 12.7. The summed E-state index contributed by atoms with van der Waals surface area (Å²) in [5.74, 6) is 0.479. The number of fused-ring (bicyclic) bond motifs is 1. The Morgan fingerprint density at radius 3 is 2.62 bits per heavy atom. The van der Waals surface area contributed by atoms with Gasteiger partial charge in [0.2, 0.25) is 5.90 Å². The Morgan fingerprint density at radius 1 is 1.04 bits per heavy atom. The number of rotatable bonds is 3. The molecule has 3 aromatic rings. The summed E-state index contributed by atoms with van der Waals surface area (Å²) in [7, 11) is 1.61. The molecule has 4 rings (SSSR count). The molecule has 1 heterocycles. The topological polar surface area (TPSA) is 47.9 Å². The Kier molecular flexibility index (Phi) is 4.31. The maximum Gasteiger partial charge on any atom is 0.363 e. The minimum absolute atomic E-state index is 0.241. The van der Waals surface area contributed by atoms with Crippen LogP contribution in [0, 0.1) is 0 Å². The molecule has 3 aromatic carbocycles. The molecular formula is C21H14BrNO3. The first-order valence-corrected chi connectivity index (χ1v) is 8.80. The number of carbonyl (C=O) groups excluding carboxylic acids is 1. The summed E-state index contributed by atoms with van der Waals surface area (Å²) >= 11 is 3.46. The summed E-state index contributed by atoms with van der Waals surface area (Å²) in [5, 5.41) is 2.04. The first kappa shape index (κ1) is 16.5. The number of hydrogen-bond donors (Lipinski definition) is 0. The number of methoxy groups -OCH3 is 1. The van der Waals surface area contributed by atoms with Gasteiger partial charge in [-0.25, -0.2) is 9.79 Å². The number of ether oxygens (including phenoxy) is 2. The monoisotopic (exact) mass is 407 g/mol. The van der Waals surface area contributed by atoms with E-state index in [1.54, 1.807) is 13.2 Å². The van der Waals surface area contributed by atoms with Crippen molar-refractivity contribution in [3.05, 3.63) is 82.0 Å². The molecule has 0 fully saturated rings. The van der Waals surface area contributed by atoms with E-state index < -0.39 is 5.97 Å². The van der Waals surface area contributed by atoms with Gasteiger partial charge in [0.25, 0.3) is 0 Å². The van der Waals surface area contributed by atoms with Gasteiger partial charge in [-0.05, 0) is 51.0 Å². The highest BCUT2D eigenvalue weighted by Crippen LogP contribution is 2.32. The van der Waals surface area contributed by atoms with Crippen molar-refractivity contribution in [3.8, 4) is 5.75 Å². The van der Waals surface area contributed by atoms with E-state index in [1.807, 2.05) is 60.7 Å². The van der Waals surface area contributed by atoms with Crippen LogP contribution in [0.15, 0.2) is 75.8 Å². The Morgan fingerprint density at radius 2 is 1.81 bits per heavy atom. The average molecular weight is 408 g/mol. The standard InChI is InChI=1S/C21H14BrNO3/c1-25-19-11-10-13-6-2-3-7-14(13)16(19)12-18-21(24)26-20(23-18)15-8-4-5-9-17(15)22/h2-12H,1H3/b18-12+. The molecule has 26 heavy (non-hydrogen) atoms. The number of aliphatic imine (C=N–C) groups is 1. The van der Waals surface area contributed by atoms with E-state index in [0.29, 0.717) is 5.75 Å². The zero-order chi connectivity index (χ0) is 18.1. The Hall–Kier alpha value is -2.92. The number of halogens is 1. The molecule has 128 valence electrons. The van der Waals surface area contributed by atoms with E-state index in [1.165, 1.54) is 0 Å². The lowest BCUT2D eigenvalue weighted by Gasteiger charge is -2.08. The van der Waals surface area contributed by atoms with Gasteiger partial charge in [0.05, 0.1) is 12.7 Å². The summed E-state index contributed by atoms with van der Waals surface area (Å²) in [5.41, 5.74) is 1.77. The van der Waals surface area contributed by atoms with Crippen LogP contribution in [0.25, 0.3) is 16.8 Å². The van der Waals surface area contributed by atoms with E-state index >= 15 is 0 Å². The molecule has 0 saturated carbocycles. The van der Waals surface area contributed by atoms with Gasteiger partial charge in [-0.1, -0.05) is 42.5 Å². The molecule has 1 aliphatic heterocycles. The Balaban J connectivity index is 1.85. The maximum absolute atomic E-state index is 12.3. The normalized spacial score (nSPS) is 15.2. The minimum Gasteiger partial charge on any atom is -0.496 e. The van der Waals surface area contributed by atoms with Crippen LogP contribution >= 0.6 is 15.9 Å². The summed E-state index contributed by atoms with van der Waals surface area (Å²) in [6.07, 6.45) is 1.72. The van der Waals surface area contributed by atoms with Gasteiger partial charge in [0, 0.05) is 10.0 Å². The molecule has 1 aliphatic rings. The number of esters is 1. The lowest BCUT2D eigenvalue weighted by Crippen LogP contribution is -2.05. The molecule has 4 nitrogen and oxygen atoms in total. The molecule has 0 saturated heterocycles. The quantitative estimate of drug-likeness (QED) is 0.455. The van der Waals surface area contributed by atoms with Gasteiger partial charge in [0.15, 0.2) is 5.70 Å². The molecule has 0 atom stereocenters. The fourth-order valence-electron chi connectivity index (χ4n) is 2.90. The van der Waals surface area contributed by atoms with Gasteiger partial charge in [0.1, 0.15) is 5.75 Å². The van der Waals surface area contributed by atoms with E-state index in [2.05, 4.69) is 20.9 Å². The van der Waals surface area contributed by atoms with Crippen molar-refractivity contribution in [1.29, 1.82) is 0 Å². The summed E-state index contributed by atoms with van der Waals surface area (Å²) in [4.78, 5) is 16.7. The van der Waals surface area contributed by atoms with Crippen molar-refractivity contribution in [1.82, 2.24) is 0 Å². The molecule has 0 aliphatic carbocycles. The Labute approximate surface area is 158 Å². The van der Waals surface area contributed by atoms with Crippen molar-refractivity contribution in [2.45, 2.75) is 0 Å². The smallest absolute Gasteiger partial charge is 0.363 e. The summed E-state index contributed by atoms with van der Waals surface area (Å²) in [6, 6.07) is 19.3. The van der Waals surface area contributed by atoms with Gasteiger partial charge in [-0.3, -0.25) is 0 Å². The van der Waals surface area contributed by atoms with Crippen molar-refractivity contribution in [2.75, 3.05) is 7.11 Å². The fourth-order valence-corrected chi connectivity index (χ4v) is 3.35. The molecule has 0 unspecified atom stereocenters. The van der Waals surface area contributed by atoms with Crippen molar-refractivity contribution in [2.24, 2.45) is 4.99 Å². The van der Waals surface area contributed by atoms with Crippen LogP contribution in [-0.4, -0.2) is 19.0 Å². The van der Waals surface area contributed by atoms with E-state index in [4.69, 9.17) is 9.47 Å². The molecular weight excluding hydrogens is 394 g/mol. The largest absolute Gasteiger partial charge is 0.496 e. The number of carbonyl (C=O) groups is 1. The lowest BCUT2D eigenvalue weighted by molar-refractivity contribution is -0.129. The van der Waals surface area contributed by atoms with Crippen molar-refractivity contribution >= 4 is 44.6 Å². The first-order valence-electron chi connectivity index (χ1n) is 8.00. The number of cyclic esters (lactones) is 1. The van der Waals surface area contributed by atoms with Gasteiger partial charge < -0.3 is 9.47 Å². The molecule has 0 amide bonds. The van der Waals surface area contributed by atoms with Crippen LogP contribution in [0.3, 0.4) is 0 Å². The highest BCUT2D eigenvalue weighted by atomic mass is 79.9. The van der Waals surface area contributed by atoms with E-state index in [-0.39, 0.29) is 11.6 Å². The lowest BCUT2D eigenvalue weighted by atomic mass is 10.0. The van der Waals surface area contributed by atoms with Gasteiger partial charge in [-0.2, -0.15) is 0 Å². The maximum atomic E-state index is 12.3. The fraction of sp³-hybridized carbons (Fsp3) is 0.0476. The van der Waals surface area contributed by atoms with Gasteiger partial charge in [-0.15, -0.1) is 0 Å². The number of benzene rings is 3. The van der Waals surface area contributed by atoms with Crippen molar-refractivity contribution in [3.63, 3.8) is 0 Å². The zero-order valence-corrected chi connectivity index (χ0v) is 15.5. The molecule has 5 heteroatoms. The zero-order valence-electron chi connectivity index (χ0n) is 13.9. The third-order valence-electron chi connectivity index (χ3n) is 4.16. The van der Waals surface area contributed by atoms with Crippen LogP contribution in [0.4, 0.5) is 0 Å². The third kappa shape index (κ3) is 2.91. The molecule has 0 spiro atoms. The van der Waals surface area contributed by atoms with Crippen LogP contribution in [-0.2, 0) is 9.53 Å². The highest BCUT2D eigenvalue weighted by Gasteiger charge is 2.26. The predicted molar refractivity (Wildman–Crippen MR) is 105 cm³/mol. The van der Waals surface area contributed by atoms with Crippen LogP contribution in [0.2, 0.25) is 0 Å². The molecule has 0 aromatic heterocycles. The second-order valence-corrected chi connectivity index (χ2v) is 6.57. The number of nitrogens with zero attached hydrogens (tertiary/aromatic N) is 1. The summed E-state index contributed by atoms with van der Waals surface area (Å²) < 4.78 is 11.7. The Bertz CT molecular complexity index is 1090. The average Bonchev–Trinajstić information content (AvgIpc) is 3.02. The second kappa shape index (κ2) is 6.77. The molecule has 0 bridgehead atoms. The van der Waals surface area contributed by atoms with Crippen LogP contribution in [0.5, 0.6) is 5.75 Å². The third-order valence-corrected chi connectivity index (χ3v) is 4.85.